The van der Waals surface area contributed by atoms with E-state index in [1.54, 1.807) is 0 Å². The van der Waals surface area contributed by atoms with Crippen molar-refractivity contribution in [3.8, 4) is 0 Å². The Morgan fingerprint density at radius 2 is 1.27 bits per heavy atom. The molecule has 0 radical (unpaired) electrons. The van der Waals surface area contributed by atoms with Gasteiger partial charge in [-0.3, -0.25) is 4.79 Å². The molecule has 48 heavy (non-hydrogen) atoms. The van der Waals surface area contributed by atoms with Gasteiger partial charge in [-0.1, -0.05) is 107 Å². The van der Waals surface area contributed by atoms with Gasteiger partial charge in [-0.15, -0.1) is 0 Å². The van der Waals surface area contributed by atoms with Crippen molar-refractivity contribution in [2.75, 3.05) is 26.4 Å². The van der Waals surface area contributed by atoms with E-state index in [4.69, 9.17) is 18.9 Å². The van der Waals surface area contributed by atoms with E-state index < -0.39 is 43.4 Å². The Morgan fingerprint density at radius 3 is 1.94 bits per heavy atom. The zero-order valence-corrected chi connectivity index (χ0v) is 29.7. The Hall–Kier alpha value is -2.11. The lowest BCUT2D eigenvalue weighted by Gasteiger charge is -2.39. The van der Waals surface area contributed by atoms with Gasteiger partial charge in [0.15, 0.2) is 6.29 Å². The molecule has 0 amide bonds. The van der Waals surface area contributed by atoms with Gasteiger partial charge in [0.2, 0.25) is 0 Å². The van der Waals surface area contributed by atoms with E-state index in [0.717, 1.165) is 83.5 Å². The third kappa shape index (κ3) is 22.5. The van der Waals surface area contributed by atoms with E-state index in [1.807, 2.05) is 0 Å². The fourth-order valence-corrected chi connectivity index (χ4v) is 5.00. The predicted molar refractivity (Wildman–Crippen MR) is 191 cm³/mol. The van der Waals surface area contributed by atoms with Gasteiger partial charge in [0.25, 0.3) is 0 Å². The van der Waals surface area contributed by atoms with Crippen LogP contribution in [0.4, 0.5) is 0 Å². The number of aliphatic hydroxyl groups is 4. The second kappa shape index (κ2) is 30.9. The lowest BCUT2D eigenvalue weighted by Crippen LogP contribution is -2.59. The second-order valence-electron chi connectivity index (χ2n) is 12.3. The van der Waals surface area contributed by atoms with Crippen LogP contribution >= 0.6 is 0 Å². The molecule has 4 N–H and O–H groups in total. The molecule has 0 aliphatic carbocycles. The fraction of sp³-hybridized carbons (Fsp3) is 0.718. The van der Waals surface area contributed by atoms with Crippen molar-refractivity contribution in [1.29, 1.82) is 0 Å². The first-order chi connectivity index (χ1) is 23.4. The van der Waals surface area contributed by atoms with Crippen LogP contribution in [-0.2, 0) is 23.7 Å². The molecule has 1 fully saturated rings. The molecule has 6 atom stereocenters. The summed E-state index contributed by atoms with van der Waals surface area (Å²) >= 11 is 0. The summed E-state index contributed by atoms with van der Waals surface area (Å²) < 4.78 is 22.6. The maximum atomic E-state index is 12.6. The first-order valence-electron chi connectivity index (χ1n) is 18.4. The van der Waals surface area contributed by atoms with E-state index in [0.29, 0.717) is 13.0 Å². The van der Waals surface area contributed by atoms with Crippen molar-refractivity contribution >= 4 is 5.97 Å². The Bertz CT molecular complexity index is 911. The first-order valence-corrected chi connectivity index (χ1v) is 18.4. The van der Waals surface area contributed by atoms with Gasteiger partial charge in [0, 0.05) is 13.0 Å². The van der Waals surface area contributed by atoms with Crippen LogP contribution in [-0.4, -0.2) is 89.6 Å². The van der Waals surface area contributed by atoms with Gasteiger partial charge in [-0.25, -0.2) is 0 Å². The zero-order valence-electron chi connectivity index (χ0n) is 29.7. The molecule has 0 aromatic carbocycles. The molecule has 1 aliphatic heterocycles. The predicted octanol–water partition coefficient (Wildman–Crippen LogP) is 6.79. The number of aliphatic hydroxyl groups excluding tert-OH is 4. The van der Waals surface area contributed by atoms with Crippen LogP contribution in [0.15, 0.2) is 60.8 Å². The summed E-state index contributed by atoms with van der Waals surface area (Å²) in [4.78, 5) is 12.6. The second-order valence-corrected chi connectivity index (χ2v) is 12.3. The Balaban J connectivity index is 2.41. The monoisotopic (exact) mass is 678 g/mol. The lowest BCUT2D eigenvalue weighted by atomic mass is 9.99. The van der Waals surface area contributed by atoms with Crippen LogP contribution in [0.2, 0.25) is 0 Å². The zero-order chi connectivity index (χ0) is 35.1. The molecule has 1 rings (SSSR count). The lowest BCUT2D eigenvalue weighted by molar-refractivity contribution is -0.305. The van der Waals surface area contributed by atoms with Crippen LogP contribution in [0.3, 0.4) is 0 Å². The van der Waals surface area contributed by atoms with Gasteiger partial charge >= 0.3 is 5.97 Å². The third-order valence-electron chi connectivity index (χ3n) is 7.92. The van der Waals surface area contributed by atoms with E-state index >= 15 is 0 Å². The minimum absolute atomic E-state index is 0.100. The van der Waals surface area contributed by atoms with Crippen LogP contribution in [0.1, 0.15) is 117 Å². The van der Waals surface area contributed by atoms with Gasteiger partial charge in [0.1, 0.15) is 30.5 Å². The molecular formula is C39H66O9. The van der Waals surface area contributed by atoms with Gasteiger partial charge in [-0.05, 0) is 64.2 Å². The first kappa shape index (κ1) is 43.9. The van der Waals surface area contributed by atoms with Crippen molar-refractivity contribution in [3.63, 3.8) is 0 Å². The number of hydrogen-bond donors (Lipinski definition) is 4. The fourth-order valence-electron chi connectivity index (χ4n) is 5.00. The topological polar surface area (TPSA) is 135 Å². The van der Waals surface area contributed by atoms with E-state index in [1.165, 1.54) is 12.8 Å². The molecule has 0 saturated carbocycles. The molecule has 1 aliphatic rings. The number of ether oxygens (including phenoxy) is 4. The highest BCUT2D eigenvalue weighted by Crippen LogP contribution is 2.22. The maximum Gasteiger partial charge on any atom is 0.306 e. The van der Waals surface area contributed by atoms with Crippen molar-refractivity contribution in [1.82, 2.24) is 0 Å². The van der Waals surface area contributed by atoms with Crippen LogP contribution in [0.5, 0.6) is 0 Å². The molecule has 6 unspecified atom stereocenters. The summed E-state index contributed by atoms with van der Waals surface area (Å²) in [5.74, 6) is -0.348. The third-order valence-corrected chi connectivity index (χ3v) is 7.92. The summed E-state index contributed by atoms with van der Waals surface area (Å²) in [5.41, 5.74) is 0. The molecule has 0 aromatic heterocycles. The number of rotatable bonds is 29. The van der Waals surface area contributed by atoms with Crippen LogP contribution in [0.25, 0.3) is 0 Å². The molecular weight excluding hydrogens is 612 g/mol. The quantitative estimate of drug-likeness (QED) is 0.0383. The molecule has 9 nitrogen and oxygen atoms in total. The number of carbonyl (C=O) groups is 1. The molecule has 0 bridgehead atoms. The average molecular weight is 679 g/mol. The Labute approximate surface area is 290 Å². The Morgan fingerprint density at radius 1 is 0.688 bits per heavy atom. The number of hydrogen-bond acceptors (Lipinski definition) is 9. The largest absolute Gasteiger partial charge is 0.457 e. The number of esters is 1. The average Bonchev–Trinajstić information content (AvgIpc) is 3.08. The Kier molecular flexibility index (Phi) is 28.3. The van der Waals surface area contributed by atoms with Crippen molar-refractivity contribution < 1.29 is 44.2 Å². The van der Waals surface area contributed by atoms with Crippen LogP contribution < -0.4 is 0 Å². The molecule has 1 heterocycles. The summed E-state index contributed by atoms with van der Waals surface area (Å²) in [7, 11) is 0. The highest BCUT2D eigenvalue weighted by Gasteiger charge is 2.44. The highest BCUT2D eigenvalue weighted by molar-refractivity contribution is 5.69. The van der Waals surface area contributed by atoms with E-state index in [9.17, 15) is 25.2 Å². The molecule has 0 spiro atoms. The van der Waals surface area contributed by atoms with Crippen LogP contribution in [0, 0.1) is 0 Å². The summed E-state index contributed by atoms with van der Waals surface area (Å²) in [6.07, 6.45) is 29.7. The number of unbranched alkanes of at least 4 members (excludes halogenated alkanes) is 8. The molecule has 276 valence electrons. The summed E-state index contributed by atoms with van der Waals surface area (Å²) in [6.45, 7) is 4.21. The van der Waals surface area contributed by atoms with Crippen molar-refractivity contribution in [3.05, 3.63) is 60.8 Å². The van der Waals surface area contributed by atoms with Crippen molar-refractivity contribution in [2.45, 2.75) is 153 Å². The van der Waals surface area contributed by atoms with Gasteiger partial charge in [0.05, 0.1) is 19.8 Å². The SMILES string of the molecule is CC/C=C\C/C=C\C/C=C\C/C=C\CCCOCC(COC1OC(CO)C(O)C(O)C1O)OC(=O)CCCCCCC/C=C\CCCC. The van der Waals surface area contributed by atoms with E-state index in [-0.39, 0.29) is 19.2 Å². The normalized spacial score (nSPS) is 22.7. The highest BCUT2D eigenvalue weighted by atomic mass is 16.7. The smallest absolute Gasteiger partial charge is 0.306 e. The minimum Gasteiger partial charge on any atom is -0.457 e. The standard InChI is InChI=1S/C39H66O9/c1-3-5-7-9-11-13-15-16-17-19-21-23-25-27-29-45-31-33(32-46-39-38(44)37(43)36(42)34(30-40)48-39)47-35(41)28-26-24-22-20-18-14-12-10-8-6-4-2/h5,7,10-13,16-17,21,23,33-34,36-40,42-44H,3-4,6,8-9,14-15,18-20,22,24-32H2,1-2H3/b7-5-,12-10-,13-11-,17-16-,23-21-. The summed E-state index contributed by atoms with van der Waals surface area (Å²) in [5, 5.41) is 39.9. The maximum absolute atomic E-state index is 12.6. The minimum atomic E-state index is -1.55. The summed E-state index contributed by atoms with van der Waals surface area (Å²) in [6, 6.07) is 0. The van der Waals surface area contributed by atoms with Crippen molar-refractivity contribution in [2.24, 2.45) is 0 Å². The number of allylic oxidation sites excluding steroid dienone is 10. The molecule has 1 saturated heterocycles. The molecule has 9 heteroatoms. The number of carbonyl (C=O) groups excluding carboxylic acids is 1. The van der Waals surface area contributed by atoms with Gasteiger partial charge < -0.3 is 39.4 Å². The van der Waals surface area contributed by atoms with E-state index in [2.05, 4.69) is 74.6 Å². The van der Waals surface area contributed by atoms with Gasteiger partial charge in [-0.2, -0.15) is 0 Å². The molecule has 0 aromatic rings.